The number of rotatable bonds is 8. The smallest absolute Gasteiger partial charge is 0.307 e. The number of carbonyl (C=O) groups excluding carboxylic acids is 2. The maximum absolute atomic E-state index is 12.6. The van der Waals surface area contributed by atoms with Gasteiger partial charge in [0, 0.05) is 16.7 Å². The highest BCUT2D eigenvalue weighted by atomic mass is 32.2. The molecule has 1 aliphatic heterocycles. The van der Waals surface area contributed by atoms with E-state index in [9.17, 15) is 19.5 Å². The summed E-state index contributed by atoms with van der Waals surface area (Å²) in [7, 11) is 1.59. The molecule has 7 heteroatoms. The Kier molecular flexibility index (Phi) is 6.04. The first-order valence-corrected chi connectivity index (χ1v) is 9.87. The van der Waals surface area contributed by atoms with Crippen molar-refractivity contribution in [2.75, 3.05) is 12.9 Å². The average molecular weight is 399 g/mol. The fourth-order valence-corrected chi connectivity index (χ4v) is 4.24. The number of nitrogens with zero attached hydrogens (tertiary/aromatic N) is 1. The van der Waals surface area contributed by atoms with Gasteiger partial charge >= 0.3 is 5.97 Å². The molecule has 1 N–H and O–H groups in total. The first-order chi connectivity index (χ1) is 13.4. The molecule has 1 aliphatic rings. The molecule has 0 aliphatic carbocycles. The quantitative estimate of drug-likeness (QED) is 0.540. The number of carboxylic acid groups (broad SMARTS) is 1. The van der Waals surface area contributed by atoms with Gasteiger partial charge in [-0.05, 0) is 49.7 Å². The molecular weight excluding hydrogens is 378 g/mol. The van der Waals surface area contributed by atoms with Crippen molar-refractivity contribution in [2.45, 2.75) is 24.3 Å². The molecule has 2 unspecified atom stereocenters. The number of hydrogen-bond donors (Lipinski definition) is 1. The number of thioether (sulfide) groups is 1. The van der Waals surface area contributed by atoms with Crippen molar-refractivity contribution in [1.29, 1.82) is 0 Å². The van der Waals surface area contributed by atoms with Crippen LogP contribution in [-0.4, -0.2) is 46.7 Å². The van der Waals surface area contributed by atoms with Crippen LogP contribution in [0.25, 0.3) is 0 Å². The lowest BCUT2D eigenvalue weighted by Gasteiger charge is -2.25. The Hall–Kier alpha value is -2.80. The Balaban J connectivity index is 1.66. The molecule has 146 valence electrons. The lowest BCUT2D eigenvalue weighted by atomic mass is 10.0. The van der Waals surface area contributed by atoms with Gasteiger partial charge in [0.15, 0.2) is 0 Å². The van der Waals surface area contributed by atoms with E-state index in [0.717, 1.165) is 10.6 Å². The zero-order valence-electron chi connectivity index (χ0n) is 15.6. The van der Waals surface area contributed by atoms with E-state index in [2.05, 4.69) is 0 Å². The largest absolute Gasteiger partial charge is 0.497 e. The lowest BCUT2D eigenvalue weighted by Crippen LogP contribution is -2.40. The van der Waals surface area contributed by atoms with Crippen molar-refractivity contribution in [2.24, 2.45) is 5.92 Å². The third-order valence-corrected chi connectivity index (χ3v) is 5.93. The summed E-state index contributed by atoms with van der Waals surface area (Å²) in [4.78, 5) is 39.0. The van der Waals surface area contributed by atoms with Crippen LogP contribution in [0.15, 0.2) is 53.4 Å². The molecule has 0 saturated carbocycles. The van der Waals surface area contributed by atoms with E-state index in [1.54, 1.807) is 38.3 Å². The first-order valence-electron chi connectivity index (χ1n) is 8.89. The number of hydrogen-bond acceptors (Lipinski definition) is 5. The molecule has 3 rings (SSSR count). The van der Waals surface area contributed by atoms with Gasteiger partial charge in [-0.2, -0.15) is 0 Å². The van der Waals surface area contributed by atoms with Crippen molar-refractivity contribution in [3.05, 3.63) is 59.7 Å². The number of aliphatic carboxylic acids is 1. The maximum atomic E-state index is 12.6. The van der Waals surface area contributed by atoms with Crippen molar-refractivity contribution in [1.82, 2.24) is 4.90 Å². The van der Waals surface area contributed by atoms with Crippen LogP contribution in [0.1, 0.15) is 34.1 Å². The number of carboxylic acids is 1. The summed E-state index contributed by atoms with van der Waals surface area (Å²) in [5, 5.41) is 9.61. The predicted octanol–water partition coefficient (Wildman–Crippen LogP) is 3.56. The summed E-state index contributed by atoms with van der Waals surface area (Å²) in [6.07, 6.45) is 0.198. The van der Waals surface area contributed by atoms with Crippen molar-refractivity contribution < 1.29 is 24.2 Å². The van der Waals surface area contributed by atoms with Crippen LogP contribution in [0.3, 0.4) is 0 Å². The van der Waals surface area contributed by atoms with E-state index in [1.165, 1.54) is 16.7 Å². The molecule has 2 aromatic rings. The second-order valence-corrected chi connectivity index (χ2v) is 7.73. The molecule has 0 saturated heterocycles. The van der Waals surface area contributed by atoms with Gasteiger partial charge in [-0.1, -0.05) is 12.1 Å². The standard InChI is InChI=1S/C21H21NO5S/c1-13(22-19(23)17-5-3-4-6-18(17)20(22)24)11-14(21(25)26)12-28-16-9-7-15(27-2)8-10-16/h3-10,13-14H,11-12H2,1-2H3,(H,25,26). The van der Waals surface area contributed by atoms with Gasteiger partial charge in [-0.15, -0.1) is 11.8 Å². The van der Waals surface area contributed by atoms with Crippen LogP contribution >= 0.6 is 11.8 Å². The molecule has 0 radical (unpaired) electrons. The van der Waals surface area contributed by atoms with Crippen molar-refractivity contribution in [3.8, 4) is 5.75 Å². The van der Waals surface area contributed by atoms with Crippen LogP contribution in [0.2, 0.25) is 0 Å². The zero-order valence-corrected chi connectivity index (χ0v) is 16.4. The third-order valence-electron chi connectivity index (χ3n) is 4.75. The van der Waals surface area contributed by atoms with Crippen LogP contribution in [-0.2, 0) is 4.79 Å². The minimum absolute atomic E-state index is 0.198. The summed E-state index contributed by atoms with van der Waals surface area (Å²) < 4.78 is 5.12. The number of benzene rings is 2. The Morgan fingerprint density at radius 1 is 1.07 bits per heavy atom. The second-order valence-electron chi connectivity index (χ2n) is 6.63. The van der Waals surface area contributed by atoms with Gasteiger partial charge in [-0.3, -0.25) is 19.3 Å². The lowest BCUT2D eigenvalue weighted by molar-refractivity contribution is -0.141. The molecule has 2 atom stereocenters. The zero-order chi connectivity index (χ0) is 20.3. The summed E-state index contributed by atoms with van der Waals surface area (Å²) in [5.74, 6) is -1.27. The monoisotopic (exact) mass is 399 g/mol. The number of methoxy groups -OCH3 is 1. The van der Waals surface area contributed by atoms with Crippen molar-refractivity contribution in [3.63, 3.8) is 0 Å². The predicted molar refractivity (Wildman–Crippen MR) is 106 cm³/mol. The Morgan fingerprint density at radius 2 is 1.64 bits per heavy atom. The van der Waals surface area contributed by atoms with Gasteiger partial charge in [0.2, 0.25) is 0 Å². The maximum Gasteiger partial charge on any atom is 0.307 e. The Morgan fingerprint density at radius 3 is 2.14 bits per heavy atom. The highest BCUT2D eigenvalue weighted by Gasteiger charge is 2.39. The minimum atomic E-state index is -0.940. The SMILES string of the molecule is COc1ccc(SCC(CC(C)N2C(=O)c3ccccc3C2=O)C(=O)O)cc1. The number of carbonyl (C=O) groups is 3. The van der Waals surface area contributed by atoms with Gasteiger partial charge in [0.25, 0.3) is 11.8 Å². The highest BCUT2D eigenvalue weighted by Crippen LogP contribution is 2.29. The van der Waals surface area contributed by atoms with Gasteiger partial charge in [0.1, 0.15) is 5.75 Å². The Bertz CT molecular complexity index is 861. The van der Waals surface area contributed by atoms with Crippen LogP contribution in [0.4, 0.5) is 0 Å². The number of ether oxygens (including phenoxy) is 1. The fourth-order valence-electron chi connectivity index (χ4n) is 3.23. The van der Waals surface area contributed by atoms with E-state index >= 15 is 0 Å². The van der Waals surface area contributed by atoms with Crippen LogP contribution in [0, 0.1) is 5.92 Å². The normalized spacial score (nSPS) is 15.3. The number of imide groups is 1. The number of amides is 2. The minimum Gasteiger partial charge on any atom is -0.497 e. The van der Waals surface area contributed by atoms with Gasteiger partial charge in [-0.25, -0.2) is 0 Å². The van der Waals surface area contributed by atoms with Gasteiger partial charge in [0.05, 0.1) is 24.2 Å². The highest BCUT2D eigenvalue weighted by molar-refractivity contribution is 7.99. The van der Waals surface area contributed by atoms with E-state index < -0.39 is 17.9 Å². The van der Waals surface area contributed by atoms with Crippen LogP contribution in [0.5, 0.6) is 5.75 Å². The third kappa shape index (κ3) is 4.04. The summed E-state index contributed by atoms with van der Waals surface area (Å²) >= 11 is 1.42. The molecule has 6 nitrogen and oxygen atoms in total. The van der Waals surface area contributed by atoms with Crippen molar-refractivity contribution >= 4 is 29.5 Å². The molecule has 0 spiro atoms. The van der Waals surface area contributed by atoms with Crippen LogP contribution < -0.4 is 4.74 Å². The molecule has 0 aromatic heterocycles. The molecule has 2 amide bonds. The Labute approximate surface area is 167 Å². The topological polar surface area (TPSA) is 83.9 Å². The first kappa shape index (κ1) is 19.9. The molecule has 0 bridgehead atoms. The van der Waals surface area contributed by atoms with E-state index in [1.807, 2.05) is 24.3 Å². The van der Waals surface area contributed by atoms with E-state index in [0.29, 0.717) is 16.9 Å². The van der Waals surface area contributed by atoms with Gasteiger partial charge < -0.3 is 9.84 Å². The van der Waals surface area contributed by atoms with E-state index in [4.69, 9.17) is 4.74 Å². The molecular formula is C21H21NO5S. The second kappa shape index (κ2) is 8.48. The number of fused-ring (bicyclic) bond motifs is 1. The summed E-state index contributed by atoms with van der Waals surface area (Å²) in [5.41, 5.74) is 0.748. The summed E-state index contributed by atoms with van der Waals surface area (Å²) in [6, 6.07) is 13.5. The van der Waals surface area contributed by atoms with E-state index in [-0.39, 0.29) is 18.2 Å². The molecule has 1 heterocycles. The fraction of sp³-hybridized carbons (Fsp3) is 0.286. The summed E-state index contributed by atoms with van der Waals surface area (Å²) in [6.45, 7) is 1.72. The molecule has 0 fully saturated rings. The average Bonchev–Trinajstić information content (AvgIpc) is 2.96. The molecule has 28 heavy (non-hydrogen) atoms. The molecule has 2 aromatic carbocycles.